The molecule has 1 fully saturated rings. The molecule has 1 saturated heterocycles. The van der Waals surface area contributed by atoms with Crippen LogP contribution in [0.2, 0.25) is 0 Å². The summed E-state index contributed by atoms with van der Waals surface area (Å²) >= 11 is 2.06. The van der Waals surface area contributed by atoms with E-state index >= 15 is 0 Å². The van der Waals surface area contributed by atoms with Crippen LogP contribution in [0, 0.1) is 5.92 Å². The molecule has 10 heteroatoms. The van der Waals surface area contributed by atoms with Gasteiger partial charge in [0, 0.05) is 4.88 Å². The molecule has 0 aliphatic carbocycles. The minimum atomic E-state index is -5.22. The Bertz CT molecular complexity index is 746. The highest BCUT2D eigenvalue weighted by molar-refractivity contribution is 7.12. The summed E-state index contributed by atoms with van der Waals surface area (Å²) < 4.78 is 40.6. The van der Waals surface area contributed by atoms with E-state index in [1.165, 1.54) is 23.5 Å². The van der Waals surface area contributed by atoms with E-state index in [0.717, 1.165) is 22.7 Å². The maximum atomic E-state index is 13.5. The van der Waals surface area contributed by atoms with Crippen molar-refractivity contribution >= 4 is 34.5 Å². The summed E-state index contributed by atoms with van der Waals surface area (Å²) in [6.45, 7) is 0. The van der Waals surface area contributed by atoms with Crippen LogP contribution in [0.5, 0.6) is 0 Å². The minimum absolute atomic E-state index is 0.0715. The van der Waals surface area contributed by atoms with Crippen molar-refractivity contribution in [3.8, 4) is 0 Å². The van der Waals surface area contributed by atoms with Crippen molar-refractivity contribution in [2.24, 2.45) is 5.92 Å². The number of rotatable bonds is 3. The number of hydrogen-bond donors (Lipinski definition) is 3. The van der Waals surface area contributed by atoms with Crippen molar-refractivity contribution in [2.45, 2.75) is 17.9 Å². The first-order chi connectivity index (χ1) is 11.2. The summed E-state index contributed by atoms with van der Waals surface area (Å²) in [5.74, 6) is -2.84. The predicted octanol–water partition coefficient (Wildman–Crippen LogP) is 2.91. The van der Waals surface area contributed by atoms with E-state index in [1.54, 1.807) is 16.8 Å². The smallest absolute Gasteiger partial charge is 0.363 e. The molecule has 2 aromatic heterocycles. The van der Waals surface area contributed by atoms with Gasteiger partial charge >= 0.3 is 12.2 Å². The Morgan fingerprint density at radius 1 is 1.21 bits per heavy atom. The number of thiophene rings is 2. The number of amides is 2. The zero-order valence-electron chi connectivity index (χ0n) is 11.8. The monoisotopic (exact) mass is 376 g/mol. The molecule has 0 unspecified atom stereocenters. The van der Waals surface area contributed by atoms with Crippen molar-refractivity contribution < 1.29 is 27.9 Å². The van der Waals surface area contributed by atoms with E-state index in [4.69, 9.17) is 0 Å². The summed E-state index contributed by atoms with van der Waals surface area (Å²) in [6, 6.07) is 3.52. The van der Waals surface area contributed by atoms with Crippen molar-refractivity contribution in [2.75, 3.05) is 0 Å². The van der Waals surface area contributed by atoms with Gasteiger partial charge in [-0.2, -0.15) is 13.2 Å². The van der Waals surface area contributed by atoms with E-state index < -0.39 is 35.7 Å². The predicted molar refractivity (Wildman–Crippen MR) is 81.9 cm³/mol. The molecule has 0 aromatic carbocycles. The van der Waals surface area contributed by atoms with Gasteiger partial charge in [0.1, 0.15) is 5.92 Å². The number of nitrogens with one attached hydrogen (secondary N) is 2. The Morgan fingerprint density at radius 2 is 1.88 bits per heavy atom. The molecule has 24 heavy (non-hydrogen) atoms. The van der Waals surface area contributed by atoms with Crippen molar-refractivity contribution in [1.82, 2.24) is 10.6 Å². The highest BCUT2D eigenvalue weighted by atomic mass is 32.1. The van der Waals surface area contributed by atoms with Gasteiger partial charge in [0.2, 0.25) is 5.72 Å². The molecular weight excluding hydrogens is 365 g/mol. The summed E-state index contributed by atoms with van der Waals surface area (Å²) in [7, 11) is 0. The summed E-state index contributed by atoms with van der Waals surface area (Å²) in [4.78, 5) is 24.8. The van der Waals surface area contributed by atoms with E-state index in [0.29, 0.717) is 4.88 Å². The first kappa shape index (κ1) is 16.9. The number of alkyl halides is 3. The third kappa shape index (κ3) is 2.70. The van der Waals surface area contributed by atoms with E-state index in [9.17, 15) is 27.9 Å². The normalized spacial score (nSPS) is 27.4. The van der Waals surface area contributed by atoms with Crippen LogP contribution in [-0.4, -0.2) is 28.8 Å². The second-order valence-electron chi connectivity index (χ2n) is 5.17. The van der Waals surface area contributed by atoms with Crippen molar-refractivity contribution in [1.29, 1.82) is 0 Å². The van der Waals surface area contributed by atoms with Gasteiger partial charge in [0.05, 0.1) is 10.9 Å². The highest BCUT2D eigenvalue weighted by Gasteiger charge is 2.66. The van der Waals surface area contributed by atoms with Crippen molar-refractivity contribution in [3.63, 3.8) is 0 Å². The molecule has 2 aromatic rings. The fourth-order valence-corrected chi connectivity index (χ4v) is 4.13. The topological polar surface area (TPSA) is 78.4 Å². The maximum absolute atomic E-state index is 13.5. The largest absolute Gasteiger partial charge is 0.437 e. The van der Waals surface area contributed by atoms with E-state index in [2.05, 4.69) is 5.32 Å². The minimum Gasteiger partial charge on any atom is -0.363 e. The molecule has 128 valence electrons. The third-order valence-corrected chi connectivity index (χ3v) is 5.54. The average molecular weight is 376 g/mol. The molecule has 0 radical (unpaired) electrons. The molecule has 3 atom stereocenters. The number of ketones is 1. The lowest BCUT2D eigenvalue weighted by atomic mass is 9.81. The van der Waals surface area contributed by atoms with Crippen LogP contribution >= 0.6 is 22.7 Å². The van der Waals surface area contributed by atoms with Crippen LogP contribution in [0.3, 0.4) is 0 Å². The molecule has 3 rings (SSSR count). The number of carbonyl (C=O) groups excluding carboxylic acids is 2. The highest BCUT2D eigenvalue weighted by Crippen LogP contribution is 2.45. The first-order valence-corrected chi connectivity index (χ1v) is 8.49. The fraction of sp³-hybridized carbons (Fsp3) is 0.286. The van der Waals surface area contributed by atoms with Crippen LogP contribution in [0.25, 0.3) is 0 Å². The molecule has 0 saturated carbocycles. The second-order valence-corrected chi connectivity index (χ2v) is 7.10. The van der Waals surface area contributed by atoms with Crippen LogP contribution in [0.4, 0.5) is 18.0 Å². The zero-order valence-corrected chi connectivity index (χ0v) is 13.5. The zero-order chi connectivity index (χ0) is 17.5. The van der Waals surface area contributed by atoms with Gasteiger partial charge in [-0.1, -0.05) is 12.1 Å². The van der Waals surface area contributed by atoms with Gasteiger partial charge in [-0.05, 0) is 22.9 Å². The molecule has 0 spiro atoms. The molecule has 1 aliphatic rings. The quantitative estimate of drug-likeness (QED) is 0.721. The summed E-state index contributed by atoms with van der Waals surface area (Å²) in [5, 5.41) is 17.2. The number of halogens is 3. The lowest BCUT2D eigenvalue weighted by molar-refractivity contribution is -0.287. The summed E-state index contributed by atoms with van der Waals surface area (Å²) in [5.41, 5.74) is -3.66. The fourth-order valence-electron chi connectivity index (χ4n) is 2.62. The number of aliphatic hydroxyl groups is 1. The Hall–Kier alpha value is -1.91. The lowest BCUT2D eigenvalue weighted by Crippen LogP contribution is -2.72. The Morgan fingerprint density at radius 3 is 2.42 bits per heavy atom. The van der Waals surface area contributed by atoms with Gasteiger partial charge in [0.25, 0.3) is 0 Å². The van der Waals surface area contributed by atoms with Crippen LogP contribution < -0.4 is 10.6 Å². The number of carbonyl (C=O) groups is 2. The molecule has 3 N–H and O–H groups in total. The van der Waals surface area contributed by atoms with Gasteiger partial charge in [-0.3, -0.25) is 4.79 Å². The molecule has 5 nitrogen and oxygen atoms in total. The molecule has 0 bridgehead atoms. The Labute approximate surface area is 142 Å². The average Bonchev–Trinajstić information content (AvgIpc) is 3.18. The summed E-state index contributed by atoms with van der Waals surface area (Å²) in [6.07, 6.45) is -5.22. The van der Waals surface area contributed by atoms with Gasteiger partial charge in [0.15, 0.2) is 5.78 Å². The SMILES string of the molecule is O=C1N[C@H](c2cccs2)[C@@H](C(=O)c2cccs2)[C@@](O)(C(F)(F)F)N1. The second kappa shape index (κ2) is 5.87. The number of hydrogen-bond acceptors (Lipinski definition) is 5. The molecule has 1 aliphatic heterocycles. The Balaban J connectivity index is 2.13. The third-order valence-electron chi connectivity index (χ3n) is 3.70. The number of urea groups is 1. The van der Waals surface area contributed by atoms with Gasteiger partial charge in [-0.25, -0.2) is 4.79 Å². The first-order valence-electron chi connectivity index (χ1n) is 6.73. The lowest BCUT2D eigenvalue weighted by Gasteiger charge is -2.44. The van der Waals surface area contributed by atoms with Gasteiger partial charge < -0.3 is 15.7 Å². The Kier molecular flexibility index (Phi) is 4.14. The van der Waals surface area contributed by atoms with Crippen LogP contribution in [0.15, 0.2) is 35.0 Å². The van der Waals surface area contributed by atoms with E-state index in [1.807, 2.05) is 0 Å². The molecule has 3 heterocycles. The van der Waals surface area contributed by atoms with Gasteiger partial charge in [-0.15, -0.1) is 22.7 Å². The molecular formula is C14H11F3N2O3S2. The van der Waals surface area contributed by atoms with Crippen LogP contribution in [0.1, 0.15) is 20.6 Å². The van der Waals surface area contributed by atoms with Crippen LogP contribution in [-0.2, 0) is 0 Å². The maximum Gasteiger partial charge on any atom is 0.437 e. The molecule has 2 amide bonds. The van der Waals surface area contributed by atoms with Crippen molar-refractivity contribution in [3.05, 3.63) is 44.8 Å². The number of Topliss-reactive ketones (excluding diaryl/α,β-unsaturated/α-hetero) is 1. The standard InChI is InChI=1S/C14H11F3N2O3S2/c15-14(16,17)13(22)9(11(20)8-4-2-6-24-8)10(18-12(21)19-13)7-3-1-5-23-7/h1-6,9-10,22H,(H2,18,19,21)/t9-,10+,13+/m0/s1. The van der Waals surface area contributed by atoms with E-state index in [-0.39, 0.29) is 4.88 Å².